The third kappa shape index (κ3) is 2.12. The van der Waals surface area contributed by atoms with Gasteiger partial charge in [0, 0.05) is 0 Å². The van der Waals surface area contributed by atoms with Gasteiger partial charge >= 0.3 is 6.18 Å². The summed E-state index contributed by atoms with van der Waals surface area (Å²) >= 11 is 2.89. The maximum Gasteiger partial charge on any atom is 0.420 e. The summed E-state index contributed by atoms with van der Waals surface area (Å²) in [5, 5.41) is 9.08. The van der Waals surface area contributed by atoms with Crippen molar-refractivity contribution >= 4 is 15.9 Å². The second-order valence-corrected chi connectivity index (χ2v) is 3.36. The van der Waals surface area contributed by atoms with Crippen LogP contribution in [0.5, 0.6) is 11.5 Å². The van der Waals surface area contributed by atoms with E-state index >= 15 is 0 Å². The summed E-state index contributed by atoms with van der Waals surface area (Å²) < 4.78 is 41.7. The molecule has 0 saturated heterocycles. The van der Waals surface area contributed by atoms with Crippen molar-refractivity contribution in [3.63, 3.8) is 0 Å². The van der Waals surface area contributed by atoms with Gasteiger partial charge in [0.2, 0.25) is 0 Å². The highest BCUT2D eigenvalue weighted by molar-refractivity contribution is 9.10. The van der Waals surface area contributed by atoms with Gasteiger partial charge in [-0.25, -0.2) is 0 Å². The largest absolute Gasteiger partial charge is 0.507 e. The van der Waals surface area contributed by atoms with Crippen LogP contribution in [0.2, 0.25) is 0 Å². The SMILES string of the molecule is COc1cc(Br)c(O)cc1C(F)(F)F. The first kappa shape index (κ1) is 11.2. The average molecular weight is 271 g/mol. The Balaban J connectivity index is 3.35. The number of methoxy groups -OCH3 is 1. The molecule has 0 aliphatic heterocycles. The van der Waals surface area contributed by atoms with Crippen LogP contribution in [-0.2, 0) is 6.18 Å². The highest BCUT2D eigenvalue weighted by Crippen LogP contribution is 2.41. The van der Waals surface area contributed by atoms with E-state index < -0.39 is 17.5 Å². The molecule has 0 aliphatic rings. The lowest BCUT2D eigenvalue weighted by atomic mass is 10.2. The second-order valence-electron chi connectivity index (χ2n) is 2.50. The Labute approximate surface area is 86.4 Å². The molecule has 0 unspecified atom stereocenters. The van der Waals surface area contributed by atoms with Gasteiger partial charge in [0.05, 0.1) is 11.6 Å². The molecule has 78 valence electrons. The van der Waals surface area contributed by atoms with Gasteiger partial charge in [0.25, 0.3) is 0 Å². The fraction of sp³-hybridized carbons (Fsp3) is 0.250. The van der Waals surface area contributed by atoms with E-state index in [4.69, 9.17) is 5.11 Å². The zero-order chi connectivity index (χ0) is 10.9. The van der Waals surface area contributed by atoms with Gasteiger partial charge < -0.3 is 9.84 Å². The number of alkyl halides is 3. The molecular formula is C8H6BrF3O2. The molecule has 14 heavy (non-hydrogen) atoms. The van der Waals surface area contributed by atoms with E-state index in [1.807, 2.05) is 0 Å². The topological polar surface area (TPSA) is 29.5 Å². The van der Waals surface area contributed by atoms with Gasteiger partial charge in [0.1, 0.15) is 17.1 Å². The Kier molecular flexibility index (Phi) is 2.94. The van der Waals surface area contributed by atoms with E-state index in [2.05, 4.69) is 20.7 Å². The lowest BCUT2D eigenvalue weighted by Gasteiger charge is -2.12. The van der Waals surface area contributed by atoms with Crippen LogP contribution in [0.4, 0.5) is 13.2 Å². The first-order valence-corrected chi connectivity index (χ1v) is 4.29. The Morgan fingerprint density at radius 3 is 2.36 bits per heavy atom. The van der Waals surface area contributed by atoms with E-state index in [-0.39, 0.29) is 10.2 Å². The summed E-state index contributed by atoms with van der Waals surface area (Å²) in [4.78, 5) is 0. The number of halogens is 4. The summed E-state index contributed by atoms with van der Waals surface area (Å²) in [6.07, 6.45) is -4.54. The molecule has 0 saturated carbocycles. The molecule has 0 aromatic heterocycles. The van der Waals surface area contributed by atoms with Gasteiger partial charge in [-0.1, -0.05) is 0 Å². The molecule has 0 bridgehead atoms. The van der Waals surface area contributed by atoms with Crippen molar-refractivity contribution in [2.45, 2.75) is 6.18 Å². The van der Waals surface area contributed by atoms with Crippen LogP contribution in [0.15, 0.2) is 16.6 Å². The summed E-state index contributed by atoms with van der Waals surface area (Å²) in [5.74, 6) is -0.805. The Bertz CT molecular complexity index is 349. The van der Waals surface area contributed by atoms with Crippen LogP contribution in [0, 0.1) is 0 Å². The molecule has 1 rings (SSSR count). The van der Waals surface area contributed by atoms with E-state index in [9.17, 15) is 13.2 Å². The zero-order valence-corrected chi connectivity index (χ0v) is 8.61. The van der Waals surface area contributed by atoms with E-state index in [1.54, 1.807) is 0 Å². The highest BCUT2D eigenvalue weighted by atomic mass is 79.9. The molecule has 6 heteroatoms. The normalized spacial score (nSPS) is 11.5. The van der Waals surface area contributed by atoms with Crippen molar-refractivity contribution in [3.8, 4) is 11.5 Å². The maximum absolute atomic E-state index is 12.3. The predicted molar refractivity (Wildman–Crippen MR) is 47.4 cm³/mol. The minimum absolute atomic E-state index is 0.155. The average Bonchev–Trinajstić information content (AvgIpc) is 2.07. The number of aromatic hydroxyl groups is 1. The van der Waals surface area contributed by atoms with Crippen molar-refractivity contribution in [1.29, 1.82) is 0 Å². The Hall–Kier alpha value is -0.910. The van der Waals surface area contributed by atoms with Crippen molar-refractivity contribution in [2.75, 3.05) is 7.11 Å². The van der Waals surface area contributed by atoms with Crippen LogP contribution in [0.3, 0.4) is 0 Å². The van der Waals surface area contributed by atoms with E-state index in [1.165, 1.54) is 0 Å². The van der Waals surface area contributed by atoms with Crippen molar-refractivity contribution in [1.82, 2.24) is 0 Å². The van der Waals surface area contributed by atoms with Crippen LogP contribution in [0.1, 0.15) is 5.56 Å². The monoisotopic (exact) mass is 270 g/mol. The number of rotatable bonds is 1. The molecule has 1 aromatic carbocycles. The minimum Gasteiger partial charge on any atom is -0.507 e. The number of hydrogen-bond acceptors (Lipinski definition) is 2. The number of benzene rings is 1. The summed E-state index contributed by atoms with van der Waals surface area (Å²) in [5.41, 5.74) is -0.999. The van der Waals surface area contributed by atoms with Crippen molar-refractivity contribution < 1.29 is 23.0 Å². The molecular weight excluding hydrogens is 265 g/mol. The third-order valence-corrected chi connectivity index (χ3v) is 2.21. The van der Waals surface area contributed by atoms with Gasteiger partial charge in [-0.2, -0.15) is 13.2 Å². The molecule has 1 aromatic rings. The molecule has 0 amide bonds. The first-order chi connectivity index (χ1) is 6.36. The molecule has 0 aliphatic carbocycles. The molecule has 0 heterocycles. The Morgan fingerprint density at radius 1 is 1.36 bits per heavy atom. The van der Waals surface area contributed by atoms with Gasteiger partial charge in [-0.05, 0) is 28.1 Å². The first-order valence-electron chi connectivity index (χ1n) is 3.50. The van der Waals surface area contributed by atoms with Crippen LogP contribution >= 0.6 is 15.9 Å². The van der Waals surface area contributed by atoms with Gasteiger partial charge in [-0.15, -0.1) is 0 Å². The highest BCUT2D eigenvalue weighted by Gasteiger charge is 2.35. The van der Waals surface area contributed by atoms with Crippen LogP contribution in [-0.4, -0.2) is 12.2 Å². The minimum atomic E-state index is -4.54. The molecule has 0 atom stereocenters. The van der Waals surface area contributed by atoms with Crippen molar-refractivity contribution in [3.05, 3.63) is 22.2 Å². The molecule has 1 N–H and O–H groups in total. The fourth-order valence-corrected chi connectivity index (χ4v) is 1.26. The van der Waals surface area contributed by atoms with Gasteiger partial charge in [0.15, 0.2) is 0 Å². The van der Waals surface area contributed by atoms with Crippen LogP contribution < -0.4 is 4.74 Å². The number of hydrogen-bond donors (Lipinski definition) is 1. The zero-order valence-electron chi connectivity index (χ0n) is 7.02. The van der Waals surface area contributed by atoms with Gasteiger partial charge in [-0.3, -0.25) is 0 Å². The molecule has 0 fully saturated rings. The smallest absolute Gasteiger partial charge is 0.420 e. The lowest BCUT2D eigenvalue weighted by molar-refractivity contribution is -0.138. The van der Waals surface area contributed by atoms with Crippen molar-refractivity contribution in [2.24, 2.45) is 0 Å². The predicted octanol–water partition coefficient (Wildman–Crippen LogP) is 3.18. The fourth-order valence-electron chi connectivity index (χ4n) is 0.934. The molecule has 0 radical (unpaired) electrons. The number of phenols is 1. The summed E-state index contributed by atoms with van der Waals surface area (Å²) in [6, 6.07) is 1.68. The van der Waals surface area contributed by atoms with E-state index in [0.29, 0.717) is 6.07 Å². The van der Waals surface area contributed by atoms with Crippen LogP contribution in [0.25, 0.3) is 0 Å². The Morgan fingerprint density at radius 2 is 1.93 bits per heavy atom. The molecule has 2 nitrogen and oxygen atoms in total. The third-order valence-electron chi connectivity index (χ3n) is 1.57. The molecule has 0 spiro atoms. The summed E-state index contributed by atoms with van der Waals surface area (Å²) in [7, 11) is 1.13. The lowest BCUT2D eigenvalue weighted by Crippen LogP contribution is -2.07. The number of ether oxygens (including phenoxy) is 1. The van der Waals surface area contributed by atoms with E-state index in [0.717, 1.165) is 13.2 Å². The maximum atomic E-state index is 12.3. The quantitative estimate of drug-likeness (QED) is 0.850. The standard InChI is InChI=1S/C8H6BrF3O2/c1-14-7-3-5(9)6(13)2-4(7)8(10,11)12/h2-3,13H,1H3. The summed E-state index contributed by atoms with van der Waals surface area (Å²) in [6.45, 7) is 0. The second kappa shape index (κ2) is 3.68. The number of phenolic OH excluding ortho intramolecular Hbond substituents is 1.